The minimum atomic E-state index is 0.0528. The Kier molecular flexibility index (Phi) is 6.27. The number of ether oxygens (including phenoxy) is 1. The summed E-state index contributed by atoms with van der Waals surface area (Å²) in [5, 5.41) is 8.74. The third-order valence-electron chi connectivity index (χ3n) is 3.64. The maximum atomic E-state index is 8.74. The molecule has 0 heterocycles. The first-order valence-electron chi connectivity index (χ1n) is 7.90. The van der Waals surface area contributed by atoms with Gasteiger partial charge in [0, 0.05) is 6.42 Å². The minimum Gasteiger partial charge on any atom is -0.493 e. The highest BCUT2D eigenvalue weighted by Crippen LogP contribution is 2.35. The Bertz CT molecular complexity index is 491. The van der Waals surface area contributed by atoms with Crippen molar-refractivity contribution in [3.63, 3.8) is 0 Å². The summed E-state index contributed by atoms with van der Waals surface area (Å²) >= 11 is 0. The lowest BCUT2D eigenvalue weighted by atomic mass is 9.83. The molecule has 0 aliphatic rings. The molecule has 0 aromatic heterocycles. The minimum absolute atomic E-state index is 0.0528. The second-order valence-corrected chi connectivity index (χ2v) is 7.31. The van der Waals surface area contributed by atoms with E-state index in [2.05, 4.69) is 65.8 Å². The largest absolute Gasteiger partial charge is 0.493 e. The van der Waals surface area contributed by atoms with Gasteiger partial charge >= 0.3 is 0 Å². The SMILES string of the molecule is CC(C)COc1ccc(C(C)CCC#N)cc1C(C)(C)C. The predicted octanol–water partition coefficient (Wildman–Crippen LogP) is 5.43. The second-order valence-electron chi connectivity index (χ2n) is 7.31. The number of nitriles is 1. The van der Waals surface area contributed by atoms with Gasteiger partial charge in [-0.05, 0) is 40.9 Å². The molecule has 0 amide bonds. The van der Waals surface area contributed by atoms with Crippen LogP contribution in [-0.2, 0) is 5.41 Å². The maximum Gasteiger partial charge on any atom is 0.123 e. The van der Waals surface area contributed by atoms with Gasteiger partial charge in [-0.2, -0.15) is 5.26 Å². The Hall–Kier alpha value is -1.49. The van der Waals surface area contributed by atoms with E-state index >= 15 is 0 Å². The van der Waals surface area contributed by atoms with Crippen molar-refractivity contribution in [1.82, 2.24) is 0 Å². The highest BCUT2D eigenvalue weighted by Gasteiger charge is 2.21. The number of rotatable bonds is 6. The van der Waals surface area contributed by atoms with Gasteiger partial charge < -0.3 is 4.74 Å². The van der Waals surface area contributed by atoms with Crippen molar-refractivity contribution in [2.75, 3.05) is 6.61 Å². The highest BCUT2D eigenvalue weighted by molar-refractivity contribution is 5.42. The summed E-state index contributed by atoms with van der Waals surface area (Å²) in [6.07, 6.45) is 1.52. The second kappa shape index (κ2) is 7.50. The van der Waals surface area contributed by atoms with Crippen LogP contribution in [0.5, 0.6) is 5.75 Å². The first-order chi connectivity index (χ1) is 9.75. The lowest BCUT2D eigenvalue weighted by molar-refractivity contribution is 0.264. The number of hydrogen-bond donors (Lipinski definition) is 0. The van der Waals surface area contributed by atoms with Gasteiger partial charge in [-0.25, -0.2) is 0 Å². The molecule has 1 aromatic rings. The topological polar surface area (TPSA) is 33.0 Å². The van der Waals surface area contributed by atoms with Gasteiger partial charge in [-0.1, -0.05) is 53.7 Å². The normalized spacial score (nSPS) is 13.0. The maximum absolute atomic E-state index is 8.74. The fraction of sp³-hybridized carbons (Fsp3) is 0.632. The first kappa shape index (κ1) is 17.6. The summed E-state index contributed by atoms with van der Waals surface area (Å²) in [6, 6.07) is 8.74. The van der Waals surface area contributed by atoms with E-state index in [1.54, 1.807) is 0 Å². The van der Waals surface area contributed by atoms with Crippen LogP contribution in [0.15, 0.2) is 18.2 Å². The van der Waals surface area contributed by atoms with E-state index in [-0.39, 0.29) is 5.41 Å². The van der Waals surface area contributed by atoms with E-state index < -0.39 is 0 Å². The van der Waals surface area contributed by atoms with Crippen LogP contribution in [-0.4, -0.2) is 6.61 Å². The van der Waals surface area contributed by atoms with Crippen LogP contribution in [0.1, 0.15) is 71.4 Å². The number of nitrogens with zero attached hydrogens (tertiary/aromatic N) is 1. The highest BCUT2D eigenvalue weighted by atomic mass is 16.5. The number of benzene rings is 1. The van der Waals surface area contributed by atoms with Crippen LogP contribution in [0.25, 0.3) is 0 Å². The van der Waals surface area contributed by atoms with Crippen molar-refractivity contribution in [2.45, 2.75) is 65.7 Å². The van der Waals surface area contributed by atoms with Gasteiger partial charge in [0.15, 0.2) is 0 Å². The lowest BCUT2D eigenvalue weighted by Gasteiger charge is -2.25. The summed E-state index contributed by atoms with van der Waals surface area (Å²) in [5.74, 6) is 1.92. The molecule has 2 heteroatoms. The average Bonchev–Trinajstić information content (AvgIpc) is 2.41. The molecular formula is C19H29NO. The standard InChI is InChI=1S/C19H29NO/c1-14(2)13-21-18-10-9-16(15(3)8-7-11-20)12-17(18)19(4,5)6/h9-10,12,14-15H,7-8,13H2,1-6H3. The Labute approximate surface area is 130 Å². The summed E-state index contributed by atoms with van der Waals surface area (Å²) < 4.78 is 5.99. The summed E-state index contributed by atoms with van der Waals surface area (Å²) in [5.41, 5.74) is 2.61. The van der Waals surface area contributed by atoms with Crippen LogP contribution in [0.2, 0.25) is 0 Å². The van der Waals surface area contributed by atoms with Gasteiger partial charge in [0.05, 0.1) is 12.7 Å². The zero-order valence-electron chi connectivity index (χ0n) is 14.4. The Morgan fingerprint density at radius 3 is 2.38 bits per heavy atom. The number of hydrogen-bond acceptors (Lipinski definition) is 2. The van der Waals surface area contributed by atoms with Gasteiger partial charge in [-0.3, -0.25) is 0 Å². The zero-order valence-corrected chi connectivity index (χ0v) is 14.4. The smallest absolute Gasteiger partial charge is 0.123 e. The molecule has 0 aliphatic heterocycles. The zero-order chi connectivity index (χ0) is 16.0. The van der Waals surface area contributed by atoms with E-state index in [4.69, 9.17) is 10.00 Å². The van der Waals surface area contributed by atoms with Crippen LogP contribution in [0.3, 0.4) is 0 Å². The van der Waals surface area contributed by atoms with Gasteiger partial charge in [-0.15, -0.1) is 0 Å². The molecule has 1 aromatic carbocycles. The van der Waals surface area contributed by atoms with E-state index in [0.717, 1.165) is 18.8 Å². The van der Waals surface area contributed by atoms with Gasteiger partial charge in [0.25, 0.3) is 0 Å². The van der Waals surface area contributed by atoms with E-state index in [9.17, 15) is 0 Å². The van der Waals surface area contributed by atoms with Crippen molar-refractivity contribution >= 4 is 0 Å². The van der Waals surface area contributed by atoms with Crippen LogP contribution >= 0.6 is 0 Å². The third-order valence-corrected chi connectivity index (χ3v) is 3.64. The molecule has 116 valence electrons. The average molecular weight is 287 g/mol. The van der Waals surface area contributed by atoms with Crippen molar-refractivity contribution < 1.29 is 4.74 Å². The van der Waals surface area contributed by atoms with E-state index in [1.807, 2.05) is 0 Å². The monoisotopic (exact) mass is 287 g/mol. The predicted molar refractivity (Wildman–Crippen MR) is 88.7 cm³/mol. The summed E-state index contributed by atoms with van der Waals surface area (Å²) in [6.45, 7) is 13.9. The molecule has 2 nitrogen and oxygen atoms in total. The molecule has 0 radical (unpaired) electrons. The summed E-state index contributed by atoms with van der Waals surface area (Å²) in [7, 11) is 0. The van der Waals surface area contributed by atoms with Crippen molar-refractivity contribution in [1.29, 1.82) is 5.26 Å². The molecule has 0 fully saturated rings. The first-order valence-corrected chi connectivity index (χ1v) is 7.90. The Morgan fingerprint density at radius 1 is 1.19 bits per heavy atom. The van der Waals surface area contributed by atoms with E-state index in [0.29, 0.717) is 18.3 Å². The van der Waals surface area contributed by atoms with Crippen molar-refractivity contribution in [3.05, 3.63) is 29.3 Å². The van der Waals surface area contributed by atoms with Crippen molar-refractivity contribution in [2.24, 2.45) is 5.92 Å². The molecule has 1 rings (SSSR count). The van der Waals surface area contributed by atoms with Crippen molar-refractivity contribution in [3.8, 4) is 11.8 Å². The molecule has 0 spiro atoms. The summed E-state index contributed by atoms with van der Waals surface area (Å²) in [4.78, 5) is 0. The molecule has 0 saturated carbocycles. The van der Waals surface area contributed by atoms with Crippen LogP contribution in [0, 0.1) is 17.2 Å². The van der Waals surface area contributed by atoms with Gasteiger partial charge in [0.1, 0.15) is 5.75 Å². The molecule has 21 heavy (non-hydrogen) atoms. The Balaban J connectivity index is 3.04. The van der Waals surface area contributed by atoms with E-state index in [1.165, 1.54) is 11.1 Å². The molecule has 1 atom stereocenters. The molecule has 1 unspecified atom stereocenters. The van der Waals surface area contributed by atoms with Crippen LogP contribution in [0.4, 0.5) is 0 Å². The van der Waals surface area contributed by atoms with Gasteiger partial charge in [0.2, 0.25) is 0 Å². The third kappa shape index (κ3) is 5.42. The fourth-order valence-electron chi connectivity index (χ4n) is 2.27. The molecular weight excluding hydrogens is 258 g/mol. The molecule has 0 saturated heterocycles. The quantitative estimate of drug-likeness (QED) is 0.699. The molecule has 0 aliphatic carbocycles. The molecule has 0 bridgehead atoms. The fourth-order valence-corrected chi connectivity index (χ4v) is 2.27. The van der Waals surface area contributed by atoms with Crippen LogP contribution < -0.4 is 4.74 Å². The Morgan fingerprint density at radius 2 is 1.86 bits per heavy atom. The lowest BCUT2D eigenvalue weighted by Crippen LogP contribution is -2.16. The molecule has 0 N–H and O–H groups in total.